The summed E-state index contributed by atoms with van der Waals surface area (Å²) in [6.07, 6.45) is 0. The molecule has 0 aliphatic carbocycles. The summed E-state index contributed by atoms with van der Waals surface area (Å²) in [5, 5.41) is 0.787. The van der Waals surface area contributed by atoms with Gasteiger partial charge in [-0.05, 0) is 24.5 Å². The molecule has 0 saturated heterocycles. The monoisotopic (exact) mass is 348 g/mol. The van der Waals surface area contributed by atoms with E-state index in [1.807, 2.05) is 12.1 Å². The highest BCUT2D eigenvalue weighted by Gasteiger charge is 2.28. The van der Waals surface area contributed by atoms with Crippen molar-refractivity contribution in [3.8, 4) is 0 Å². The lowest BCUT2D eigenvalue weighted by atomic mass is 9.98. The van der Waals surface area contributed by atoms with Gasteiger partial charge < -0.3 is 4.74 Å². The fraction of sp³-hybridized carbons (Fsp3) is 0.538. The first-order chi connectivity index (χ1) is 7.49. The van der Waals surface area contributed by atoms with Crippen LogP contribution in [0.3, 0.4) is 0 Å². The fourth-order valence-corrected chi connectivity index (χ4v) is 2.60. The van der Waals surface area contributed by atoms with Gasteiger partial charge in [-0.15, -0.1) is 0 Å². The third kappa shape index (κ3) is 3.57. The molecule has 1 aromatic rings. The van der Waals surface area contributed by atoms with Crippen molar-refractivity contribution >= 4 is 31.9 Å². The molecule has 0 bridgehead atoms. The maximum Gasteiger partial charge on any atom is 0.101 e. The third-order valence-electron chi connectivity index (χ3n) is 2.43. The first-order valence-corrected chi connectivity index (χ1v) is 7.36. The molecule has 0 amide bonds. The van der Waals surface area contributed by atoms with E-state index < -0.39 is 0 Å². The van der Waals surface area contributed by atoms with E-state index in [9.17, 15) is 0 Å². The van der Waals surface area contributed by atoms with Crippen LogP contribution in [0.4, 0.5) is 0 Å². The lowest BCUT2D eigenvalue weighted by Crippen LogP contribution is -2.30. The van der Waals surface area contributed by atoms with E-state index in [-0.39, 0.29) is 5.60 Å². The van der Waals surface area contributed by atoms with Crippen molar-refractivity contribution in [2.24, 2.45) is 5.92 Å². The summed E-state index contributed by atoms with van der Waals surface area (Å²) >= 11 is 7.13. The molecule has 0 N–H and O–H groups in total. The highest BCUT2D eigenvalue weighted by Crippen LogP contribution is 2.33. The smallest absolute Gasteiger partial charge is 0.101 e. The number of hydrogen-bond acceptors (Lipinski definition) is 1. The van der Waals surface area contributed by atoms with Crippen LogP contribution in [-0.4, -0.2) is 11.9 Å². The Kier molecular flexibility index (Phi) is 5.48. The van der Waals surface area contributed by atoms with E-state index in [2.05, 4.69) is 64.8 Å². The summed E-state index contributed by atoms with van der Waals surface area (Å²) in [6.45, 7) is 7.21. The molecule has 0 heterocycles. The summed E-state index contributed by atoms with van der Waals surface area (Å²) in [6, 6.07) is 8.21. The van der Waals surface area contributed by atoms with Crippen LogP contribution >= 0.6 is 31.9 Å². The molecule has 16 heavy (non-hydrogen) atoms. The summed E-state index contributed by atoms with van der Waals surface area (Å²) in [7, 11) is 0. The van der Waals surface area contributed by atoms with E-state index in [1.165, 1.54) is 5.56 Å². The Labute approximate surface area is 115 Å². The normalized spacial score (nSPS) is 15.1. The van der Waals surface area contributed by atoms with Crippen LogP contribution in [0.15, 0.2) is 28.7 Å². The van der Waals surface area contributed by atoms with Crippen LogP contribution in [0.1, 0.15) is 26.3 Å². The summed E-state index contributed by atoms with van der Waals surface area (Å²) in [5.74, 6) is 0.542. The van der Waals surface area contributed by atoms with Gasteiger partial charge in [-0.1, -0.05) is 63.9 Å². The minimum absolute atomic E-state index is 0.273. The SMILES string of the molecule is CC(C)COC(C)(CBr)c1ccccc1Br. The average molecular weight is 350 g/mol. The molecule has 1 unspecified atom stereocenters. The molecule has 0 radical (unpaired) electrons. The van der Waals surface area contributed by atoms with E-state index >= 15 is 0 Å². The van der Waals surface area contributed by atoms with Gasteiger partial charge >= 0.3 is 0 Å². The quantitative estimate of drug-likeness (QED) is 0.698. The fourth-order valence-electron chi connectivity index (χ4n) is 1.43. The van der Waals surface area contributed by atoms with E-state index in [4.69, 9.17) is 4.74 Å². The predicted molar refractivity (Wildman–Crippen MR) is 76.1 cm³/mol. The topological polar surface area (TPSA) is 9.23 Å². The number of alkyl halides is 1. The molecule has 1 nitrogen and oxygen atoms in total. The maximum atomic E-state index is 6.03. The molecule has 0 saturated carbocycles. The molecule has 1 aromatic carbocycles. The molecular formula is C13H18Br2O. The van der Waals surface area contributed by atoms with Gasteiger partial charge in [-0.2, -0.15) is 0 Å². The van der Waals surface area contributed by atoms with Gasteiger partial charge in [0.15, 0.2) is 0 Å². The molecule has 3 heteroatoms. The average Bonchev–Trinajstić information content (AvgIpc) is 2.26. The zero-order valence-electron chi connectivity index (χ0n) is 9.97. The standard InChI is InChI=1S/C13H18Br2O/c1-10(2)8-16-13(3,9-14)11-6-4-5-7-12(11)15/h4-7,10H,8-9H2,1-3H3. The van der Waals surface area contributed by atoms with Crippen molar-refractivity contribution in [1.29, 1.82) is 0 Å². The number of ether oxygens (including phenoxy) is 1. The van der Waals surface area contributed by atoms with E-state index in [1.54, 1.807) is 0 Å². The second-order valence-electron chi connectivity index (χ2n) is 4.55. The van der Waals surface area contributed by atoms with Crippen LogP contribution in [0.5, 0.6) is 0 Å². The molecule has 0 spiro atoms. The lowest BCUT2D eigenvalue weighted by Gasteiger charge is -2.30. The van der Waals surface area contributed by atoms with Crippen molar-refractivity contribution in [3.05, 3.63) is 34.3 Å². The largest absolute Gasteiger partial charge is 0.369 e. The highest BCUT2D eigenvalue weighted by molar-refractivity contribution is 9.10. The minimum Gasteiger partial charge on any atom is -0.369 e. The van der Waals surface area contributed by atoms with Gasteiger partial charge in [0.1, 0.15) is 5.60 Å². The number of hydrogen-bond donors (Lipinski definition) is 0. The van der Waals surface area contributed by atoms with Crippen LogP contribution in [0.2, 0.25) is 0 Å². The Morgan fingerprint density at radius 3 is 2.44 bits per heavy atom. The van der Waals surface area contributed by atoms with Gasteiger partial charge in [0.05, 0.1) is 6.61 Å². The van der Waals surface area contributed by atoms with Crippen molar-refractivity contribution in [3.63, 3.8) is 0 Å². The molecule has 0 fully saturated rings. The van der Waals surface area contributed by atoms with E-state index in [0.717, 1.165) is 16.4 Å². The predicted octanol–water partition coefficient (Wildman–Crippen LogP) is 4.73. The van der Waals surface area contributed by atoms with Gasteiger partial charge in [-0.3, -0.25) is 0 Å². The summed E-state index contributed by atoms with van der Waals surface area (Å²) in [5.41, 5.74) is 0.914. The molecule has 0 aliphatic heterocycles. The first-order valence-electron chi connectivity index (χ1n) is 5.44. The van der Waals surface area contributed by atoms with Crippen molar-refractivity contribution in [2.75, 3.05) is 11.9 Å². The Morgan fingerprint density at radius 1 is 1.31 bits per heavy atom. The molecule has 90 valence electrons. The van der Waals surface area contributed by atoms with Gasteiger partial charge in [0.25, 0.3) is 0 Å². The molecule has 1 atom stereocenters. The van der Waals surface area contributed by atoms with Crippen molar-refractivity contribution < 1.29 is 4.74 Å². The van der Waals surface area contributed by atoms with Gasteiger partial charge in [0.2, 0.25) is 0 Å². The zero-order chi connectivity index (χ0) is 12.2. The summed E-state index contributed by atoms with van der Waals surface area (Å²) < 4.78 is 7.13. The number of halogens is 2. The molecule has 0 aromatic heterocycles. The maximum absolute atomic E-state index is 6.03. The van der Waals surface area contributed by atoms with Crippen molar-refractivity contribution in [2.45, 2.75) is 26.4 Å². The minimum atomic E-state index is -0.273. The Bertz CT molecular complexity index is 338. The highest BCUT2D eigenvalue weighted by atomic mass is 79.9. The second-order valence-corrected chi connectivity index (χ2v) is 5.96. The summed E-state index contributed by atoms with van der Waals surface area (Å²) in [4.78, 5) is 0. The van der Waals surface area contributed by atoms with Gasteiger partial charge in [0, 0.05) is 9.80 Å². The van der Waals surface area contributed by atoms with Crippen LogP contribution in [0.25, 0.3) is 0 Å². The second kappa shape index (κ2) is 6.18. The van der Waals surface area contributed by atoms with Gasteiger partial charge in [-0.25, -0.2) is 0 Å². The van der Waals surface area contributed by atoms with E-state index in [0.29, 0.717) is 5.92 Å². The number of rotatable bonds is 5. The molecular weight excluding hydrogens is 332 g/mol. The molecule has 0 aliphatic rings. The Morgan fingerprint density at radius 2 is 1.94 bits per heavy atom. The Balaban J connectivity index is 2.91. The van der Waals surface area contributed by atoms with Crippen molar-refractivity contribution in [1.82, 2.24) is 0 Å². The van der Waals surface area contributed by atoms with Crippen LogP contribution in [0, 0.1) is 5.92 Å². The number of benzene rings is 1. The third-order valence-corrected chi connectivity index (χ3v) is 4.20. The zero-order valence-corrected chi connectivity index (χ0v) is 13.1. The lowest BCUT2D eigenvalue weighted by molar-refractivity contribution is -0.0306. The molecule has 1 rings (SSSR count). The first kappa shape index (κ1) is 14.2. The van der Waals surface area contributed by atoms with Crippen LogP contribution < -0.4 is 0 Å². The Hall–Kier alpha value is 0.140. The van der Waals surface area contributed by atoms with Crippen LogP contribution in [-0.2, 0) is 10.3 Å².